The summed E-state index contributed by atoms with van der Waals surface area (Å²) in [5.41, 5.74) is 0.943. The van der Waals surface area contributed by atoms with Crippen LogP contribution in [0.4, 0.5) is 5.69 Å². The minimum Gasteiger partial charge on any atom is -0.467 e. The maximum atomic E-state index is 12.9. The first kappa shape index (κ1) is 19.2. The predicted molar refractivity (Wildman–Crippen MR) is 95.4 cm³/mol. The summed E-state index contributed by atoms with van der Waals surface area (Å²) in [5, 5.41) is 2.65. The van der Waals surface area contributed by atoms with Gasteiger partial charge in [0.1, 0.15) is 5.76 Å². The molecule has 138 valence electrons. The topological polar surface area (TPSA) is 88.8 Å². The molecule has 0 aliphatic carbocycles. The molecule has 1 aromatic carbocycles. The normalized spacial score (nSPS) is 10.2. The number of esters is 1. The largest absolute Gasteiger partial charge is 0.467 e. The molecule has 0 radical (unpaired) electrons. The van der Waals surface area contributed by atoms with Crippen LogP contribution >= 0.6 is 0 Å². The molecule has 0 saturated heterocycles. The summed E-state index contributed by atoms with van der Waals surface area (Å²) in [5.74, 6) is -0.237. The number of benzene rings is 1. The molecule has 0 aliphatic heterocycles. The van der Waals surface area contributed by atoms with Crippen LogP contribution in [-0.4, -0.2) is 35.8 Å². The van der Waals surface area contributed by atoms with Gasteiger partial charge in [0, 0.05) is 24.7 Å². The summed E-state index contributed by atoms with van der Waals surface area (Å²) < 4.78 is 10.2. The van der Waals surface area contributed by atoms with Crippen molar-refractivity contribution >= 4 is 23.5 Å². The van der Waals surface area contributed by atoms with E-state index >= 15 is 0 Å². The molecule has 1 aromatic heterocycles. The monoisotopic (exact) mass is 358 g/mol. The zero-order valence-corrected chi connectivity index (χ0v) is 14.9. The molecule has 7 nitrogen and oxygen atoms in total. The van der Waals surface area contributed by atoms with Crippen molar-refractivity contribution in [1.82, 2.24) is 4.90 Å². The Morgan fingerprint density at radius 1 is 1.19 bits per heavy atom. The highest BCUT2D eigenvalue weighted by atomic mass is 16.5. The van der Waals surface area contributed by atoms with Crippen molar-refractivity contribution in [3.63, 3.8) is 0 Å². The Balaban J connectivity index is 2.15. The van der Waals surface area contributed by atoms with E-state index in [1.807, 2.05) is 0 Å². The molecule has 0 bridgehead atoms. The van der Waals surface area contributed by atoms with E-state index in [1.165, 1.54) is 18.1 Å². The SMILES string of the molecule is CCOC(=O)CCN(Cc1ccco1)C(=O)c1cccc(NC(C)=O)c1. The lowest BCUT2D eigenvalue weighted by atomic mass is 10.1. The number of nitrogens with one attached hydrogen (secondary N) is 1. The van der Waals surface area contributed by atoms with Crippen LogP contribution in [0.3, 0.4) is 0 Å². The van der Waals surface area contributed by atoms with E-state index in [1.54, 1.807) is 43.3 Å². The summed E-state index contributed by atoms with van der Waals surface area (Å²) in [7, 11) is 0. The lowest BCUT2D eigenvalue weighted by Crippen LogP contribution is -2.32. The summed E-state index contributed by atoms with van der Waals surface area (Å²) in [4.78, 5) is 37.3. The van der Waals surface area contributed by atoms with Gasteiger partial charge in [-0.2, -0.15) is 0 Å². The number of rotatable bonds is 8. The highest BCUT2D eigenvalue weighted by Crippen LogP contribution is 2.15. The maximum absolute atomic E-state index is 12.9. The number of amides is 2. The van der Waals surface area contributed by atoms with Gasteiger partial charge in [-0.05, 0) is 37.3 Å². The lowest BCUT2D eigenvalue weighted by Gasteiger charge is -2.21. The van der Waals surface area contributed by atoms with E-state index in [2.05, 4.69) is 5.32 Å². The fraction of sp³-hybridized carbons (Fsp3) is 0.316. The predicted octanol–water partition coefficient (Wildman–Crippen LogP) is 2.83. The lowest BCUT2D eigenvalue weighted by molar-refractivity contribution is -0.143. The van der Waals surface area contributed by atoms with Crippen molar-refractivity contribution in [1.29, 1.82) is 0 Å². The molecule has 0 fully saturated rings. The molecule has 26 heavy (non-hydrogen) atoms. The van der Waals surface area contributed by atoms with Crippen LogP contribution in [0.5, 0.6) is 0 Å². The fourth-order valence-electron chi connectivity index (χ4n) is 2.42. The first-order valence-corrected chi connectivity index (χ1v) is 8.34. The van der Waals surface area contributed by atoms with Crippen LogP contribution in [-0.2, 0) is 20.9 Å². The van der Waals surface area contributed by atoms with E-state index in [9.17, 15) is 14.4 Å². The second kappa shape index (κ2) is 9.41. The number of anilines is 1. The molecule has 7 heteroatoms. The highest BCUT2D eigenvalue weighted by molar-refractivity contribution is 5.97. The molecule has 0 aliphatic rings. The minimum absolute atomic E-state index is 0.0890. The first-order valence-electron chi connectivity index (χ1n) is 8.34. The van der Waals surface area contributed by atoms with Crippen LogP contribution in [0.25, 0.3) is 0 Å². The van der Waals surface area contributed by atoms with Gasteiger partial charge in [0.05, 0.1) is 25.8 Å². The number of hydrogen-bond donors (Lipinski definition) is 1. The zero-order valence-electron chi connectivity index (χ0n) is 14.9. The Morgan fingerprint density at radius 2 is 2.00 bits per heavy atom. The Morgan fingerprint density at radius 3 is 2.65 bits per heavy atom. The third-order valence-electron chi connectivity index (χ3n) is 3.54. The van der Waals surface area contributed by atoms with E-state index in [0.717, 1.165) is 0 Å². The second-order valence-electron chi connectivity index (χ2n) is 5.62. The van der Waals surface area contributed by atoms with E-state index in [-0.39, 0.29) is 37.3 Å². The van der Waals surface area contributed by atoms with Crippen molar-refractivity contribution in [2.75, 3.05) is 18.5 Å². The molecule has 0 atom stereocenters. The van der Waals surface area contributed by atoms with Gasteiger partial charge in [-0.25, -0.2) is 0 Å². The van der Waals surface area contributed by atoms with Gasteiger partial charge in [-0.1, -0.05) is 6.07 Å². The van der Waals surface area contributed by atoms with Crippen molar-refractivity contribution < 1.29 is 23.5 Å². The van der Waals surface area contributed by atoms with Gasteiger partial charge in [0.15, 0.2) is 0 Å². The molecular formula is C19H22N2O5. The average Bonchev–Trinajstić information content (AvgIpc) is 3.11. The van der Waals surface area contributed by atoms with E-state index < -0.39 is 0 Å². The fourth-order valence-corrected chi connectivity index (χ4v) is 2.42. The summed E-state index contributed by atoms with van der Waals surface area (Å²) in [6.07, 6.45) is 1.62. The number of hydrogen-bond acceptors (Lipinski definition) is 5. The highest BCUT2D eigenvalue weighted by Gasteiger charge is 2.19. The van der Waals surface area contributed by atoms with Gasteiger partial charge >= 0.3 is 5.97 Å². The third-order valence-corrected chi connectivity index (χ3v) is 3.54. The van der Waals surface area contributed by atoms with Gasteiger partial charge < -0.3 is 19.4 Å². The second-order valence-corrected chi connectivity index (χ2v) is 5.62. The van der Waals surface area contributed by atoms with Gasteiger partial charge in [-0.15, -0.1) is 0 Å². The first-order chi connectivity index (χ1) is 12.5. The number of carbonyl (C=O) groups is 3. The molecule has 2 rings (SSSR count). The molecule has 1 N–H and O–H groups in total. The van der Waals surface area contributed by atoms with Crippen LogP contribution in [0, 0.1) is 0 Å². The van der Waals surface area contributed by atoms with Crippen molar-refractivity contribution in [2.45, 2.75) is 26.8 Å². The number of carbonyl (C=O) groups excluding carboxylic acids is 3. The Bertz CT molecular complexity index is 755. The van der Waals surface area contributed by atoms with Crippen LogP contribution < -0.4 is 5.32 Å². The van der Waals surface area contributed by atoms with Gasteiger partial charge in [0.2, 0.25) is 5.91 Å². The van der Waals surface area contributed by atoms with Gasteiger partial charge in [0.25, 0.3) is 5.91 Å². The molecule has 0 unspecified atom stereocenters. The average molecular weight is 358 g/mol. The minimum atomic E-state index is -0.364. The van der Waals surface area contributed by atoms with E-state index in [4.69, 9.17) is 9.15 Å². The Labute approximate surface area is 151 Å². The van der Waals surface area contributed by atoms with Gasteiger partial charge in [-0.3, -0.25) is 14.4 Å². The van der Waals surface area contributed by atoms with Crippen molar-refractivity contribution in [2.24, 2.45) is 0 Å². The molecule has 0 saturated carbocycles. The number of furan rings is 1. The number of ether oxygens (including phenoxy) is 1. The molecule has 1 heterocycles. The smallest absolute Gasteiger partial charge is 0.307 e. The molecule has 0 spiro atoms. The Hall–Kier alpha value is -3.09. The summed E-state index contributed by atoms with van der Waals surface area (Å²) >= 11 is 0. The maximum Gasteiger partial charge on any atom is 0.307 e. The molecular weight excluding hydrogens is 336 g/mol. The molecule has 2 amide bonds. The van der Waals surface area contributed by atoms with Crippen LogP contribution in [0.1, 0.15) is 36.4 Å². The quantitative estimate of drug-likeness (QED) is 0.733. The Kier molecular flexibility index (Phi) is 6.96. The van der Waals surface area contributed by atoms with Crippen molar-refractivity contribution in [3.8, 4) is 0 Å². The van der Waals surface area contributed by atoms with Crippen LogP contribution in [0.15, 0.2) is 47.1 Å². The summed E-state index contributed by atoms with van der Waals surface area (Å²) in [6.45, 7) is 3.86. The van der Waals surface area contributed by atoms with E-state index in [0.29, 0.717) is 23.6 Å². The zero-order chi connectivity index (χ0) is 18.9. The standard InChI is InChI=1S/C19H22N2O5/c1-3-25-18(23)9-10-21(13-17-8-5-11-26-17)19(24)15-6-4-7-16(12-15)20-14(2)22/h4-8,11-12H,3,9-10,13H2,1-2H3,(H,20,22). The van der Waals surface area contributed by atoms with Crippen molar-refractivity contribution in [3.05, 3.63) is 54.0 Å². The summed E-state index contributed by atoms with van der Waals surface area (Å²) in [6, 6.07) is 10.2. The van der Waals surface area contributed by atoms with Crippen LogP contribution in [0.2, 0.25) is 0 Å². The third kappa shape index (κ3) is 5.77. The molecule has 2 aromatic rings. The number of nitrogens with zero attached hydrogens (tertiary/aromatic N) is 1.